The van der Waals surface area contributed by atoms with Crippen molar-refractivity contribution in [2.75, 3.05) is 13.7 Å². The summed E-state index contributed by atoms with van der Waals surface area (Å²) >= 11 is 0. The van der Waals surface area contributed by atoms with Gasteiger partial charge in [0.25, 0.3) is 0 Å². The maximum atomic E-state index is 6.41. The van der Waals surface area contributed by atoms with E-state index in [-0.39, 0.29) is 5.60 Å². The zero-order chi connectivity index (χ0) is 14.5. The molecule has 1 aromatic carbocycles. The van der Waals surface area contributed by atoms with Crippen LogP contribution in [0.3, 0.4) is 0 Å². The zero-order valence-corrected chi connectivity index (χ0v) is 13.1. The SMILES string of the molecule is COc1ccc(COC2(CNC3CC3)CCCCC2)cc1. The third-order valence-corrected chi connectivity index (χ3v) is 4.76. The van der Waals surface area contributed by atoms with Crippen LogP contribution in [0.4, 0.5) is 0 Å². The minimum atomic E-state index is 0.0563. The molecule has 3 nitrogen and oxygen atoms in total. The van der Waals surface area contributed by atoms with E-state index in [0.29, 0.717) is 6.61 Å². The summed E-state index contributed by atoms with van der Waals surface area (Å²) in [6.07, 6.45) is 9.04. The van der Waals surface area contributed by atoms with Crippen molar-refractivity contribution in [2.24, 2.45) is 0 Å². The summed E-state index contributed by atoms with van der Waals surface area (Å²) in [4.78, 5) is 0. The highest BCUT2D eigenvalue weighted by molar-refractivity contribution is 5.26. The predicted octanol–water partition coefficient (Wildman–Crippen LogP) is 3.67. The van der Waals surface area contributed by atoms with Gasteiger partial charge in [-0.3, -0.25) is 0 Å². The van der Waals surface area contributed by atoms with Crippen LogP contribution in [0.15, 0.2) is 24.3 Å². The van der Waals surface area contributed by atoms with Crippen LogP contribution in [-0.4, -0.2) is 25.3 Å². The number of methoxy groups -OCH3 is 1. The van der Waals surface area contributed by atoms with Crippen LogP contribution in [0.5, 0.6) is 5.75 Å². The molecule has 0 unspecified atom stereocenters. The standard InChI is InChI=1S/C18H27NO2/c1-20-17-9-5-15(6-10-17)13-21-18(11-3-2-4-12-18)14-19-16-7-8-16/h5-6,9-10,16,19H,2-4,7-8,11-14H2,1H3. The molecular formula is C18H27NO2. The second kappa shape index (κ2) is 6.80. The van der Waals surface area contributed by atoms with Gasteiger partial charge in [0, 0.05) is 12.6 Å². The van der Waals surface area contributed by atoms with Gasteiger partial charge in [-0.1, -0.05) is 31.4 Å². The molecule has 2 fully saturated rings. The fourth-order valence-electron chi connectivity index (χ4n) is 3.14. The highest BCUT2D eigenvalue weighted by Crippen LogP contribution is 2.33. The van der Waals surface area contributed by atoms with E-state index >= 15 is 0 Å². The Morgan fingerprint density at radius 1 is 1.10 bits per heavy atom. The third-order valence-electron chi connectivity index (χ3n) is 4.76. The summed E-state index contributed by atoms with van der Waals surface area (Å²) < 4.78 is 11.6. The molecule has 2 saturated carbocycles. The van der Waals surface area contributed by atoms with Gasteiger partial charge in [-0.15, -0.1) is 0 Å². The Kier molecular flexibility index (Phi) is 4.81. The molecule has 2 aliphatic carbocycles. The molecule has 0 radical (unpaired) electrons. The Balaban J connectivity index is 1.57. The fourth-order valence-corrected chi connectivity index (χ4v) is 3.14. The van der Waals surface area contributed by atoms with Gasteiger partial charge in [-0.05, 0) is 43.4 Å². The smallest absolute Gasteiger partial charge is 0.118 e. The molecule has 3 heteroatoms. The van der Waals surface area contributed by atoms with Crippen LogP contribution in [0.2, 0.25) is 0 Å². The van der Waals surface area contributed by atoms with Crippen LogP contribution >= 0.6 is 0 Å². The molecule has 0 spiro atoms. The van der Waals surface area contributed by atoms with Crippen molar-refractivity contribution in [2.45, 2.75) is 63.2 Å². The topological polar surface area (TPSA) is 30.5 Å². The lowest BCUT2D eigenvalue weighted by Gasteiger charge is -2.37. The van der Waals surface area contributed by atoms with Crippen LogP contribution in [0.25, 0.3) is 0 Å². The van der Waals surface area contributed by atoms with Crippen molar-refractivity contribution in [1.82, 2.24) is 5.32 Å². The molecule has 1 N–H and O–H groups in total. The van der Waals surface area contributed by atoms with Crippen molar-refractivity contribution in [1.29, 1.82) is 0 Å². The van der Waals surface area contributed by atoms with E-state index in [1.807, 2.05) is 12.1 Å². The van der Waals surface area contributed by atoms with E-state index in [0.717, 1.165) is 18.3 Å². The van der Waals surface area contributed by atoms with Crippen LogP contribution < -0.4 is 10.1 Å². The largest absolute Gasteiger partial charge is 0.497 e. The number of nitrogens with one attached hydrogen (secondary N) is 1. The lowest BCUT2D eigenvalue weighted by molar-refractivity contribution is -0.0787. The first kappa shape index (κ1) is 14.9. The Morgan fingerprint density at radius 3 is 2.43 bits per heavy atom. The summed E-state index contributed by atoms with van der Waals surface area (Å²) in [5.74, 6) is 0.904. The highest BCUT2D eigenvalue weighted by Gasteiger charge is 2.34. The van der Waals surface area contributed by atoms with E-state index in [1.165, 1.54) is 50.5 Å². The van der Waals surface area contributed by atoms with E-state index in [4.69, 9.17) is 9.47 Å². The molecular weight excluding hydrogens is 262 g/mol. The molecule has 0 aromatic heterocycles. The van der Waals surface area contributed by atoms with Gasteiger partial charge in [-0.2, -0.15) is 0 Å². The van der Waals surface area contributed by atoms with Crippen molar-refractivity contribution in [3.8, 4) is 5.75 Å². The molecule has 0 saturated heterocycles. The van der Waals surface area contributed by atoms with Gasteiger partial charge in [-0.25, -0.2) is 0 Å². The third kappa shape index (κ3) is 4.21. The van der Waals surface area contributed by atoms with Gasteiger partial charge in [0.15, 0.2) is 0 Å². The Labute approximate surface area is 128 Å². The molecule has 0 atom stereocenters. The maximum absolute atomic E-state index is 6.41. The fraction of sp³-hybridized carbons (Fsp3) is 0.667. The quantitative estimate of drug-likeness (QED) is 0.831. The van der Waals surface area contributed by atoms with E-state index in [2.05, 4.69) is 17.4 Å². The average Bonchev–Trinajstić information content (AvgIpc) is 3.37. The van der Waals surface area contributed by atoms with Crippen LogP contribution in [-0.2, 0) is 11.3 Å². The molecule has 0 heterocycles. The Hall–Kier alpha value is -1.06. The van der Waals surface area contributed by atoms with Crippen LogP contribution in [0, 0.1) is 0 Å². The van der Waals surface area contributed by atoms with Gasteiger partial charge >= 0.3 is 0 Å². The minimum Gasteiger partial charge on any atom is -0.497 e. The summed E-state index contributed by atoms with van der Waals surface area (Å²) in [7, 11) is 1.70. The summed E-state index contributed by atoms with van der Waals surface area (Å²) in [6.45, 7) is 1.73. The lowest BCUT2D eigenvalue weighted by Crippen LogP contribution is -2.45. The second-order valence-electron chi connectivity index (χ2n) is 6.54. The summed E-state index contributed by atoms with van der Waals surface area (Å²) in [5.41, 5.74) is 1.29. The van der Waals surface area contributed by atoms with Crippen molar-refractivity contribution >= 4 is 0 Å². The minimum absolute atomic E-state index is 0.0563. The first-order chi connectivity index (χ1) is 10.3. The van der Waals surface area contributed by atoms with E-state index < -0.39 is 0 Å². The van der Waals surface area contributed by atoms with Crippen molar-refractivity contribution < 1.29 is 9.47 Å². The van der Waals surface area contributed by atoms with Crippen molar-refractivity contribution in [3.05, 3.63) is 29.8 Å². The lowest BCUT2D eigenvalue weighted by atomic mass is 9.84. The molecule has 1 aromatic rings. The number of ether oxygens (including phenoxy) is 2. The molecule has 0 amide bonds. The van der Waals surface area contributed by atoms with E-state index in [9.17, 15) is 0 Å². The van der Waals surface area contributed by atoms with Gasteiger partial charge in [0.05, 0.1) is 19.3 Å². The van der Waals surface area contributed by atoms with Gasteiger partial charge < -0.3 is 14.8 Å². The van der Waals surface area contributed by atoms with Gasteiger partial charge in [0.1, 0.15) is 5.75 Å². The number of rotatable bonds is 7. The van der Waals surface area contributed by atoms with E-state index in [1.54, 1.807) is 7.11 Å². The summed E-state index contributed by atoms with van der Waals surface area (Å²) in [5, 5.41) is 3.68. The first-order valence-electron chi connectivity index (χ1n) is 8.30. The number of hydrogen-bond donors (Lipinski definition) is 1. The molecule has 0 aliphatic heterocycles. The number of benzene rings is 1. The normalized spacial score (nSPS) is 21.2. The molecule has 116 valence electrons. The Bertz CT molecular complexity index is 433. The molecule has 2 aliphatic rings. The molecule has 3 rings (SSSR count). The molecule has 0 bridgehead atoms. The monoisotopic (exact) mass is 289 g/mol. The second-order valence-corrected chi connectivity index (χ2v) is 6.54. The highest BCUT2D eigenvalue weighted by atomic mass is 16.5. The summed E-state index contributed by atoms with van der Waals surface area (Å²) in [6, 6.07) is 8.98. The Morgan fingerprint density at radius 2 is 1.81 bits per heavy atom. The number of hydrogen-bond acceptors (Lipinski definition) is 3. The predicted molar refractivity (Wildman–Crippen MR) is 84.6 cm³/mol. The molecule has 21 heavy (non-hydrogen) atoms. The average molecular weight is 289 g/mol. The first-order valence-corrected chi connectivity index (χ1v) is 8.30. The van der Waals surface area contributed by atoms with Gasteiger partial charge in [0.2, 0.25) is 0 Å². The van der Waals surface area contributed by atoms with Crippen LogP contribution in [0.1, 0.15) is 50.5 Å². The maximum Gasteiger partial charge on any atom is 0.118 e. The van der Waals surface area contributed by atoms with Crippen molar-refractivity contribution in [3.63, 3.8) is 0 Å². The zero-order valence-electron chi connectivity index (χ0n) is 13.1.